The molecule has 3 amide bonds. The zero-order chi connectivity index (χ0) is 15.9. The Morgan fingerprint density at radius 1 is 1.38 bits per heavy atom. The lowest BCUT2D eigenvalue weighted by atomic mass is 9.89. The second-order valence-electron chi connectivity index (χ2n) is 4.78. The monoisotopic (exact) mass is 323 g/mol. The number of nitrogens with two attached hydrogens (primary N) is 1. The zero-order valence-electron chi connectivity index (χ0n) is 10.6. The van der Waals surface area contributed by atoms with E-state index in [1.807, 2.05) is 0 Å². The third-order valence-corrected chi connectivity index (χ3v) is 3.85. The average molecular weight is 323 g/mol. The van der Waals surface area contributed by atoms with E-state index >= 15 is 0 Å². The lowest BCUT2D eigenvalue weighted by Gasteiger charge is -2.32. The summed E-state index contributed by atoms with van der Waals surface area (Å²) in [5.41, 5.74) is 5.04. The van der Waals surface area contributed by atoms with Crippen LogP contribution in [0, 0.1) is 5.92 Å². The minimum absolute atomic E-state index is 0.0178. The number of carbonyl (C=O) groups is 3. The van der Waals surface area contributed by atoms with Gasteiger partial charge < -0.3 is 15.7 Å². The number of carboxylic acid groups (broad SMARTS) is 1. The van der Waals surface area contributed by atoms with Crippen LogP contribution >= 0.6 is 0 Å². The molecule has 2 saturated heterocycles. The minimum atomic E-state index is -4.88. The second kappa shape index (κ2) is 5.13. The number of urea groups is 1. The van der Waals surface area contributed by atoms with Gasteiger partial charge in [-0.25, -0.2) is 4.79 Å². The number of primary amides is 1. The van der Waals surface area contributed by atoms with Gasteiger partial charge in [0, 0.05) is 6.54 Å². The first-order chi connectivity index (χ1) is 9.61. The predicted molar refractivity (Wildman–Crippen MR) is 63.7 cm³/mol. The van der Waals surface area contributed by atoms with Crippen molar-refractivity contribution in [3.63, 3.8) is 0 Å². The van der Waals surface area contributed by atoms with Crippen molar-refractivity contribution in [3.8, 4) is 0 Å². The maximum absolute atomic E-state index is 12.0. The first-order valence-corrected chi connectivity index (χ1v) is 7.27. The highest BCUT2D eigenvalue weighted by Crippen LogP contribution is 2.33. The van der Waals surface area contributed by atoms with Gasteiger partial charge in [0.25, 0.3) is 0 Å². The number of piperidine rings is 1. The molecule has 0 aliphatic carbocycles. The number of nitrogens with zero attached hydrogens (tertiary/aromatic N) is 2. The van der Waals surface area contributed by atoms with Gasteiger partial charge in [0.1, 0.15) is 0 Å². The van der Waals surface area contributed by atoms with Crippen LogP contribution in [0.5, 0.6) is 0 Å². The third-order valence-electron chi connectivity index (χ3n) is 3.50. The molecule has 4 N–H and O–H groups in total. The Hall–Kier alpha value is -1.92. The molecule has 118 valence electrons. The van der Waals surface area contributed by atoms with Crippen molar-refractivity contribution in [2.24, 2.45) is 11.7 Å². The van der Waals surface area contributed by atoms with Gasteiger partial charge in [-0.1, -0.05) is 0 Å². The van der Waals surface area contributed by atoms with Crippen molar-refractivity contribution in [3.05, 3.63) is 0 Å². The summed E-state index contributed by atoms with van der Waals surface area (Å²) in [6, 6.07) is -2.58. The highest BCUT2D eigenvalue weighted by Gasteiger charge is 2.51. The molecule has 0 aromatic rings. The van der Waals surface area contributed by atoms with Crippen LogP contribution in [0.1, 0.15) is 12.8 Å². The molecule has 2 fully saturated rings. The van der Waals surface area contributed by atoms with E-state index in [9.17, 15) is 22.8 Å². The van der Waals surface area contributed by atoms with Gasteiger partial charge in [-0.15, -0.1) is 4.28 Å². The molecule has 11 nitrogen and oxygen atoms in total. The number of hydroxylamine groups is 2. The van der Waals surface area contributed by atoms with Crippen LogP contribution in [0.4, 0.5) is 4.79 Å². The maximum atomic E-state index is 12.0. The van der Waals surface area contributed by atoms with E-state index in [0.717, 1.165) is 4.90 Å². The van der Waals surface area contributed by atoms with E-state index in [1.165, 1.54) is 0 Å². The van der Waals surface area contributed by atoms with Gasteiger partial charge in [0.05, 0.1) is 12.1 Å². The molecule has 0 saturated carbocycles. The van der Waals surface area contributed by atoms with Crippen molar-refractivity contribution in [1.29, 1.82) is 0 Å². The van der Waals surface area contributed by atoms with E-state index in [2.05, 4.69) is 4.28 Å². The topological polar surface area (TPSA) is 168 Å². The molecule has 2 heterocycles. The molecule has 2 unspecified atom stereocenters. The Kier molecular flexibility index (Phi) is 3.78. The van der Waals surface area contributed by atoms with Gasteiger partial charge in [-0.2, -0.15) is 13.5 Å². The van der Waals surface area contributed by atoms with Crippen molar-refractivity contribution in [1.82, 2.24) is 9.96 Å². The summed E-state index contributed by atoms with van der Waals surface area (Å²) in [5.74, 6) is -4.15. The molecule has 0 aromatic carbocycles. The summed E-state index contributed by atoms with van der Waals surface area (Å²) in [6.07, 6.45) is 0.348. The minimum Gasteiger partial charge on any atom is -0.481 e. The van der Waals surface area contributed by atoms with E-state index in [4.69, 9.17) is 15.4 Å². The fourth-order valence-corrected chi connectivity index (χ4v) is 3.07. The van der Waals surface area contributed by atoms with Crippen molar-refractivity contribution < 1.29 is 36.7 Å². The Morgan fingerprint density at radius 3 is 2.48 bits per heavy atom. The van der Waals surface area contributed by atoms with Gasteiger partial charge in [0.15, 0.2) is 5.92 Å². The van der Waals surface area contributed by atoms with E-state index in [1.54, 1.807) is 0 Å². The molecule has 2 aliphatic heterocycles. The SMILES string of the molecule is NC(=O)C(C(=O)O)C1CC[C@@H]2CN1C(=O)N2OS(=O)(=O)O. The number of hydrogen-bond acceptors (Lipinski definition) is 6. The number of carbonyl (C=O) groups excluding carboxylic acids is 2. The molecule has 0 radical (unpaired) electrons. The Morgan fingerprint density at radius 2 is 2.00 bits per heavy atom. The summed E-state index contributed by atoms with van der Waals surface area (Å²) in [7, 11) is -4.88. The van der Waals surface area contributed by atoms with Crippen LogP contribution in [0.3, 0.4) is 0 Å². The molecule has 3 atom stereocenters. The summed E-state index contributed by atoms with van der Waals surface area (Å²) < 4.78 is 34.2. The average Bonchev–Trinajstić information content (AvgIpc) is 2.55. The summed E-state index contributed by atoms with van der Waals surface area (Å²) >= 11 is 0. The van der Waals surface area contributed by atoms with Crippen molar-refractivity contribution in [2.75, 3.05) is 6.54 Å². The molecule has 0 spiro atoms. The van der Waals surface area contributed by atoms with Gasteiger partial charge >= 0.3 is 22.4 Å². The molecule has 2 aliphatic rings. The van der Waals surface area contributed by atoms with E-state index < -0.39 is 46.3 Å². The summed E-state index contributed by atoms with van der Waals surface area (Å²) in [4.78, 5) is 35.4. The quantitative estimate of drug-likeness (QED) is 0.392. The molecular weight excluding hydrogens is 310 g/mol. The molecule has 21 heavy (non-hydrogen) atoms. The van der Waals surface area contributed by atoms with Crippen molar-refractivity contribution >= 4 is 28.3 Å². The Balaban J connectivity index is 2.24. The smallest absolute Gasteiger partial charge is 0.418 e. The van der Waals surface area contributed by atoms with Crippen LogP contribution in [0.25, 0.3) is 0 Å². The molecule has 2 rings (SSSR count). The normalized spacial score (nSPS) is 26.8. The molecular formula is C9H13N3O8S. The molecule has 2 bridgehead atoms. The number of hydrogen-bond donors (Lipinski definition) is 3. The summed E-state index contributed by atoms with van der Waals surface area (Å²) in [5, 5.41) is 9.51. The maximum Gasteiger partial charge on any atom is 0.418 e. The fourth-order valence-electron chi connectivity index (χ4n) is 2.68. The number of aliphatic carboxylic acids is 1. The highest BCUT2D eigenvalue weighted by molar-refractivity contribution is 7.80. The molecule has 0 aromatic heterocycles. The number of amides is 3. The van der Waals surface area contributed by atoms with Crippen LogP contribution in [0.2, 0.25) is 0 Å². The van der Waals surface area contributed by atoms with Gasteiger partial charge in [-0.05, 0) is 12.8 Å². The van der Waals surface area contributed by atoms with Crippen molar-refractivity contribution in [2.45, 2.75) is 24.9 Å². The van der Waals surface area contributed by atoms with E-state index in [0.29, 0.717) is 5.06 Å². The lowest BCUT2D eigenvalue weighted by Crippen LogP contribution is -2.51. The predicted octanol–water partition coefficient (Wildman–Crippen LogP) is -1.82. The highest BCUT2D eigenvalue weighted by atomic mass is 32.3. The van der Waals surface area contributed by atoms with Gasteiger partial charge in [0.2, 0.25) is 5.91 Å². The number of carboxylic acids is 1. The number of fused-ring (bicyclic) bond motifs is 2. The second-order valence-corrected chi connectivity index (χ2v) is 5.78. The third kappa shape index (κ3) is 2.91. The Labute approximate surface area is 119 Å². The largest absolute Gasteiger partial charge is 0.481 e. The van der Waals surface area contributed by atoms with Crippen LogP contribution in [-0.2, 0) is 24.3 Å². The van der Waals surface area contributed by atoms with E-state index in [-0.39, 0.29) is 19.4 Å². The van der Waals surface area contributed by atoms with Crippen LogP contribution < -0.4 is 5.73 Å². The zero-order valence-corrected chi connectivity index (χ0v) is 11.4. The molecule has 12 heteroatoms. The van der Waals surface area contributed by atoms with Gasteiger partial charge in [-0.3, -0.25) is 14.1 Å². The first-order valence-electron chi connectivity index (χ1n) is 5.91. The first kappa shape index (κ1) is 15.5. The number of rotatable bonds is 5. The summed E-state index contributed by atoms with van der Waals surface area (Å²) in [6.45, 7) is -0.0178. The standard InChI is InChI=1S/C9H13N3O8S/c10-7(13)6(8(14)15)5-2-1-4-3-11(5)9(16)12(4)20-21(17,18)19/h4-6H,1-3H2,(H2,10,13)(H,14,15)(H,17,18,19)/t4-,5?,6?/m1/s1. The Bertz CT molecular complexity index is 576. The van der Waals surface area contributed by atoms with Crippen LogP contribution in [-0.4, -0.2) is 64.6 Å². The fraction of sp³-hybridized carbons (Fsp3) is 0.667. The lowest BCUT2D eigenvalue weighted by molar-refractivity contribution is -0.148. The van der Waals surface area contributed by atoms with Crippen LogP contribution in [0.15, 0.2) is 0 Å².